The van der Waals surface area contributed by atoms with Crippen LogP contribution in [-0.4, -0.2) is 46.4 Å². The van der Waals surface area contributed by atoms with Crippen LogP contribution < -0.4 is 16.4 Å². The Bertz CT molecular complexity index is 868. The standard InChI is InChI=1S/C19H22N4O5S/c20-15(24)10-21-18(28)14(7-9-17(26)27)23-16(25)8-6-13-11-29-19(22-13)12-4-2-1-3-5-12/h1-5,11,14H,6-10H2,(H2,20,24)(H,21,28)(H,23,25)(H,26,27)/t14-/m0/s1. The number of nitrogens with zero attached hydrogens (tertiary/aromatic N) is 1. The third-order valence-corrected chi connectivity index (χ3v) is 4.86. The lowest BCUT2D eigenvalue weighted by molar-refractivity contribution is -0.138. The first kappa shape index (κ1) is 22.0. The molecular weight excluding hydrogens is 396 g/mol. The van der Waals surface area contributed by atoms with E-state index in [1.165, 1.54) is 11.3 Å². The smallest absolute Gasteiger partial charge is 0.303 e. The van der Waals surface area contributed by atoms with E-state index in [2.05, 4.69) is 15.6 Å². The molecule has 2 aromatic rings. The molecule has 1 heterocycles. The van der Waals surface area contributed by atoms with Crippen molar-refractivity contribution in [1.29, 1.82) is 0 Å². The minimum Gasteiger partial charge on any atom is -0.481 e. The molecule has 0 fully saturated rings. The van der Waals surface area contributed by atoms with Crippen LogP contribution in [0.3, 0.4) is 0 Å². The van der Waals surface area contributed by atoms with Crippen LogP contribution in [0, 0.1) is 0 Å². The summed E-state index contributed by atoms with van der Waals surface area (Å²) in [5.74, 6) is -2.90. The predicted octanol–water partition coefficient (Wildman–Crippen LogP) is 0.694. The maximum atomic E-state index is 12.2. The molecule has 2 rings (SSSR count). The number of aliphatic carboxylic acids is 1. The number of aryl methyl sites for hydroxylation is 1. The Morgan fingerprint density at radius 3 is 2.52 bits per heavy atom. The van der Waals surface area contributed by atoms with Crippen LogP contribution in [0.4, 0.5) is 0 Å². The lowest BCUT2D eigenvalue weighted by atomic mass is 10.1. The van der Waals surface area contributed by atoms with E-state index in [9.17, 15) is 19.2 Å². The van der Waals surface area contributed by atoms with Crippen molar-refractivity contribution < 1.29 is 24.3 Å². The summed E-state index contributed by atoms with van der Waals surface area (Å²) in [7, 11) is 0. The van der Waals surface area contributed by atoms with Gasteiger partial charge in [0, 0.05) is 23.8 Å². The predicted molar refractivity (Wildman–Crippen MR) is 107 cm³/mol. The monoisotopic (exact) mass is 418 g/mol. The first-order valence-corrected chi connectivity index (χ1v) is 9.80. The van der Waals surface area contributed by atoms with Crippen molar-refractivity contribution in [2.45, 2.75) is 31.7 Å². The summed E-state index contributed by atoms with van der Waals surface area (Å²) >= 11 is 1.48. The van der Waals surface area contributed by atoms with Crippen LogP contribution in [0.5, 0.6) is 0 Å². The summed E-state index contributed by atoms with van der Waals surface area (Å²) in [5, 5.41) is 16.3. The van der Waals surface area contributed by atoms with Crippen LogP contribution in [0.1, 0.15) is 25.0 Å². The van der Waals surface area contributed by atoms with Gasteiger partial charge in [-0.1, -0.05) is 30.3 Å². The van der Waals surface area contributed by atoms with Gasteiger partial charge < -0.3 is 21.5 Å². The number of primary amides is 1. The molecule has 0 unspecified atom stereocenters. The summed E-state index contributed by atoms with van der Waals surface area (Å²) in [6.07, 6.45) is 0.0658. The number of nitrogens with one attached hydrogen (secondary N) is 2. The molecule has 0 aliphatic rings. The fourth-order valence-electron chi connectivity index (χ4n) is 2.48. The number of carbonyl (C=O) groups is 4. The molecule has 5 N–H and O–H groups in total. The molecule has 1 aromatic carbocycles. The molecule has 0 radical (unpaired) electrons. The molecule has 0 saturated carbocycles. The second-order valence-corrected chi connectivity index (χ2v) is 7.10. The van der Waals surface area contributed by atoms with E-state index in [1.807, 2.05) is 35.7 Å². The summed E-state index contributed by atoms with van der Waals surface area (Å²) in [6, 6.07) is 8.60. The average molecular weight is 418 g/mol. The molecule has 1 aromatic heterocycles. The summed E-state index contributed by atoms with van der Waals surface area (Å²) < 4.78 is 0. The lowest BCUT2D eigenvalue weighted by Gasteiger charge is -2.17. The first-order valence-electron chi connectivity index (χ1n) is 8.92. The number of carboxylic acid groups (broad SMARTS) is 1. The zero-order chi connectivity index (χ0) is 21.2. The van der Waals surface area contributed by atoms with E-state index in [0.717, 1.165) is 16.3 Å². The first-order chi connectivity index (χ1) is 13.8. The van der Waals surface area contributed by atoms with Crippen LogP contribution in [0.25, 0.3) is 10.6 Å². The van der Waals surface area contributed by atoms with Crippen molar-refractivity contribution in [3.8, 4) is 10.6 Å². The van der Waals surface area contributed by atoms with E-state index >= 15 is 0 Å². The van der Waals surface area contributed by atoms with Gasteiger partial charge in [0.15, 0.2) is 0 Å². The molecule has 29 heavy (non-hydrogen) atoms. The molecule has 9 nitrogen and oxygen atoms in total. The Kier molecular flexibility index (Phi) is 8.28. The molecule has 1 atom stereocenters. The number of benzene rings is 1. The Labute approximate surface area is 171 Å². The molecule has 0 aliphatic heterocycles. The molecule has 0 spiro atoms. The minimum absolute atomic E-state index is 0.0879. The van der Waals surface area contributed by atoms with Crippen molar-refractivity contribution in [2.75, 3.05) is 6.54 Å². The minimum atomic E-state index is -1.09. The van der Waals surface area contributed by atoms with Crippen LogP contribution in [0.15, 0.2) is 35.7 Å². The molecular formula is C19H22N4O5S. The topological polar surface area (TPSA) is 151 Å². The number of hydrogen-bond acceptors (Lipinski definition) is 6. The maximum Gasteiger partial charge on any atom is 0.303 e. The Morgan fingerprint density at radius 1 is 1.14 bits per heavy atom. The van der Waals surface area contributed by atoms with Gasteiger partial charge in [-0.05, 0) is 12.8 Å². The Hall–Kier alpha value is -3.27. The molecule has 0 aliphatic carbocycles. The van der Waals surface area contributed by atoms with Crippen LogP contribution >= 0.6 is 11.3 Å². The number of aromatic nitrogens is 1. The molecule has 3 amide bonds. The van der Waals surface area contributed by atoms with Gasteiger partial charge in [-0.15, -0.1) is 11.3 Å². The number of hydrogen-bond donors (Lipinski definition) is 4. The van der Waals surface area contributed by atoms with Gasteiger partial charge in [0.2, 0.25) is 17.7 Å². The summed E-state index contributed by atoms with van der Waals surface area (Å²) in [4.78, 5) is 50.4. The zero-order valence-corrected chi connectivity index (χ0v) is 16.4. The second-order valence-electron chi connectivity index (χ2n) is 6.25. The van der Waals surface area contributed by atoms with Gasteiger partial charge in [0.1, 0.15) is 11.0 Å². The SMILES string of the molecule is NC(=O)CNC(=O)[C@H](CCC(=O)O)NC(=O)CCc1csc(-c2ccccc2)n1. The summed E-state index contributed by atoms with van der Waals surface area (Å²) in [6.45, 7) is -0.390. The third kappa shape index (κ3) is 7.70. The largest absolute Gasteiger partial charge is 0.481 e. The van der Waals surface area contributed by atoms with Gasteiger partial charge in [0.25, 0.3) is 0 Å². The van der Waals surface area contributed by atoms with Crippen molar-refractivity contribution in [1.82, 2.24) is 15.6 Å². The highest BCUT2D eigenvalue weighted by Crippen LogP contribution is 2.23. The number of amides is 3. The highest BCUT2D eigenvalue weighted by Gasteiger charge is 2.22. The normalized spacial score (nSPS) is 11.4. The quantitative estimate of drug-likeness (QED) is 0.421. The van der Waals surface area contributed by atoms with Gasteiger partial charge in [-0.2, -0.15) is 0 Å². The van der Waals surface area contributed by atoms with Gasteiger partial charge in [-0.25, -0.2) is 4.98 Å². The number of carbonyl (C=O) groups excluding carboxylic acids is 3. The number of rotatable bonds is 11. The number of nitrogens with two attached hydrogens (primary N) is 1. The Balaban J connectivity index is 1.90. The van der Waals surface area contributed by atoms with Crippen LogP contribution in [0.2, 0.25) is 0 Å². The van der Waals surface area contributed by atoms with Gasteiger partial charge in [0.05, 0.1) is 12.2 Å². The molecule has 154 valence electrons. The fourth-order valence-corrected chi connectivity index (χ4v) is 3.34. The van der Waals surface area contributed by atoms with E-state index in [-0.39, 0.29) is 25.8 Å². The molecule has 10 heteroatoms. The van der Waals surface area contributed by atoms with Crippen molar-refractivity contribution in [2.24, 2.45) is 5.73 Å². The lowest BCUT2D eigenvalue weighted by Crippen LogP contribution is -2.48. The third-order valence-electron chi connectivity index (χ3n) is 3.92. The maximum absolute atomic E-state index is 12.2. The van der Waals surface area contributed by atoms with E-state index < -0.39 is 29.7 Å². The van der Waals surface area contributed by atoms with Crippen molar-refractivity contribution >= 4 is 35.0 Å². The van der Waals surface area contributed by atoms with Gasteiger partial charge in [-0.3, -0.25) is 19.2 Å². The second kappa shape index (κ2) is 10.9. The Morgan fingerprint density at radius 2 is 1.86 bits per heavy atom. The van der Waals surface area contributed by atoms with E-state index in [1.54, 1.807) is 0 Å². The fraction of sp³-hybridized carbons (Fsp3) is 0.316. The van der Waals surface area contributed by atoms with E-state index in [4.69, 9.17) is 10.8 Å². The summed E-state index contributed by atoms with van der Waals surface area (Å²) in [5.41, 5.74) is 6.73. The van der Waals surface area contributed by atoms with Gasteiger partial charge >= 0.3 is 5.97 Å². The van der Waals surface area contributed by atoms with E-state index in [0.29, 0.717) is 6.42 Å². The highest BCUT2D eigenvalue weighted by molar-refractivity contribution is 7.13. The van der Waals surface area contributed by atoms with Crippen LogP contribution in [-0.2, 0) is 25.6 Å². The average Bonchev–Trinajstić information content (AvgIpc) is 3.17. The number of thiazole rings is 1. The molecule has 0 saturated heterocycles. The zero-order valence-electron chi connectivity index (χ0n) is 15.6. The van der Waals surface area contributed by atoms with Crippen molar-refractivity contribution in [3.05, 3.63) is 41.4 Å². The highest BCUT2D eigenvalue weighted by atomic mass is 32.1. The molecule has 0 bridgehead atoms. The van der Waals surface area contributed by atoms with Crippen molar-refractivity contribution in [3.63, 3.8) is 0 Å². The number of carboxylic acids is 1.